The zero-order valence-electron chi connectivity index (χ0n) is 15.4. The fourth-order valence-electron chi connectivity index (χ4n) is 2.91. The van der Waals surface area contributed by atoms with E-state index in [0.717, 1.165) is 31.2 Å². The van der Waals surface area contributed by atoms with Crippen molar-refractivity contribution >= 4 is 18.0 Å². The number of hydrogen-bond donors (Lipinski definition) is 1. The first-order valence-corrected chi connectivity index (χ1v) is 9.03. The smallest absolute Gasteiger partial charge is 0.334 e. The molecule has 1 aliphatic carbocycles. The van der Waals surface area contributed by atoms with Crippen molar-refractivity contribution in [2.24, 2.45) is 0 Å². The molecule has 0 aromatic heterocycles. The molecule has 0 unspecified atom stereocenters. The average molecular weight is 354 g/mol. The van der Waals surface area contributed by atoms with Crippen LogP contribution in [0.1, 0.15) is 51.5 Å². The minimum absolute atomic E-state index is 0.00236. The van der Waals surface area contributed by atoms with Gasteiger partial charge in [0.05, 0.1) is 0 Å². The molecule has 26 heavy (non-hydrogen) atoms. The summed E-state index contributed by atoms with van der Waals surface area (Å²) in [5, 5.41) is 9.15. The van der Waals surface area contributed by atoms with Crippen molar-refractivity contribution in [2.75, 3.05) is 0 Å². The van der Waals surface area contributed by atoms with Gasteiger partial charge in [-0.05, 0) is 68.9 Å². The van der Waals surface area contributed by atoms with Crippen LogP contribution in [-0.4, -0.2) is 23.1 Å². The van der Waals surface area contributed by atoms with Crippen LogP contribution in [0.4, 0.5) is 0 Å². The molecule has 0 bridgehead atoms. The van der Waals surface area contributed by atoms with Crippen molar-refractivity contribution in [3.8, 4) is 0 Å². The highest BCUT2D eigenvalue weighted by atomic mass is 16.5. The number of carboxylic acid groups (broad SMARTS) is 1. The number of carbonyl (C=O) groups excluding carboxylic acids is 1. The van der Waals surface area contributed by atoms with Gasteiger partial charge in [0, 0.05) is 11.1 Å². The van der Waals surface area contributed by atoms with Gasteiger partial charge in [-0.2, -0.15) is 0 Å². The van der Waals surface area contributed by atoms with Crippen molar-refractivity contribution in [1.82, 2.24) is 0 Å². The molecule has 0 saturated heterocycles. The van der Waals surface area contributed by atoms with Crippen LogP contribution < -0.4 is 0 Å². The summed E-state index contributed by atoms with van der Waals surface area (Å²) >= 11 is 0. The first kappa shape index (κ1) is 19.7. The zero-order chi connectivity index (χ0) is 18.9. The number of carbonyl (C=O) groups is 2. The Balaban J connectivity index is 2.22. The van der Waals surface area contributed by atoms with Gasteiger partial charge < -0.3 is 9.84 Å². The van der Waals surface area contributed by atoms with E-state index in [0.29, 0.717) is 11.1 Å². The largest absolute Gasteiger partial charge is 0.478 e. The standard InChI is InChI=1S/C22H26O4/c1-16(21(23)24)13-19(15-18-9-5-3-6-10-18)14-17(2)22(25)26-20-11-7-4-8-12-20/h3,5-6,9-10,13-15,20H,4,7-8,11-12H2,1-2H3,(H,23,24). The van der Waals surface area contributed by atoms with Crippen molar-refractivity contribution < 1.29 is 19.4 Å². The molecular weight excluding hydrogens is 328 g/mol. The predicted molar refractivity (Wildman–Crippen MR) is 103 cm³/mol. The van der Waals surface area contributed by atoms with Crippen molar-refractivity contribution in [2.45, 2.75) is 52.1 Å². The maximum atomic E-state index is 12.4. The van der Waals surface area contributed by atoms with Gasteiger partial charge in [0.1, 0.15) is 6.10 Å². The van der Waals surface area contributed by atoms with Crippen LogP contribution in [0.25, 0.3) is 6.08 Å². The second-order valence-corrected chi connectivity index (χ2v) is 6.68. The molecule has 0 heterocycles. The van der Waals surface area contributed by atoms with Crippen LogP contribution in [0.3, 0.4) is 0 Å². The minimum atomic E-state index is -0.986. The normalized spacial score (nSPS) is 17.1. The van der Waals surface area contributed by atoms with Crippen LogP contribution in [0.5, 0.6) is 0 Å². The van der Waals surface area contributed by atoms with E-state index in [1.54, 1.807) is 19.1 Å². The van der Waals surface area contributed by atoms with Gasteiger partial charge in [0.2, 0.25) is 0 Å². The first-order chi connectivity index (χ1) is 12.5. The highest BCUT2D eigenvalue weighted by Crippen LogP contribution is 2.22. The van der Waals surface area contributed by atoms with E-state index in [1.807, 2.05) is 36.4 Å². The van der Waals surface area contributed by atoms with E-state index in [9.17, 15) is 9.59 Å². The molecule has 0 spiro atoms. The summed E-state index contributed by atoms with van der Waals surface area (Å²) in [4.78, 5) is 23.5. The third kappa shape index (κ3) is 6.36. The Kier molecular flexibility index (Phi) is 7.39. The minimum Gasteiger partial charge on any atom is -0.478 e. The molecule has 0 amide bonds. The number of ether oxygens (including phenoxy) is 1. The number of aliphatic carboxylic acids is 1. The second kappa shape index (κ2) is 9.76. The number of rotatable bonds is 6. The number of hydrogen-bond acceptors (Lipinski definition) is 3. The SMILES string of the molecule is CC(=CC(=Cc1ccccc1)C=C(C)C(=O)OC1CCCCC1)C(=O)O. The van der Waals surface area contributed by atoms with Gasteiger partial charge in [-0.15, -0.1) is 0 Å². The third-order valence-corrected chi connectivity index (χ3v) is 4.38. The molecule has 0 aliphatic heterocycles. The number of benzene rings is 1. The van der Waals surface area contributed by atoms with E-state index < -0.39 is 5.97 Å². The molecule has 0 radical (unpaired) electrons. The maximum absolute atomic E-state index is 12.4. The Morgan fingerprint density at radius 2 is 1.62 bits per heavy atom. The topological polar surface area (TPSA) is 63.6 Å². The lowest BCUT2D eigenvalue weighted by atomic mass is 9.98. The lowest BCUT2D eigenvalue weighted by molar-refractivity contribution is -0.145. The first-order valence-electron chi connectivity index (χ1n) is 9.03. The summed E-state index contributed by atoms with van der Waals surface area (Å²) in [6.07, 6.45) is 10.3. The van der Waals surface area contributed by atoms with Gasteiger partial charge in [-0.1, -0.05) is 36.8 Å². The van der Waals surface area contributed by atoms with Crippen LogP contribution in [-0.2, 0) is 14.3 Å². The van der Waals surface area contributed by atoms with Gasteiger partial charge in [0.25, 0.3) is 0 Å². The zero-order valence-corrected chi connectivity index (χ0v) is 15.4. The maximum Gasteiger partial charge on any atom is 0.334 e. The molecule has 4 heteroatoms. The van der Waals surface area contributed by atoms with Crippen LogP contribution >= 0.6 is 0 Å². The molecule has 138 valence electrons. The van der Waals surface area contributed by atoms with Gasteiger partial charge in [-0.3, -0.25) is 0 Å². The average Bonchev–Trinajstić information content (AvgIpc) is 2.63. The van der Waals surface area contributed by atoms with Crippen molar-refractivity contribution in [3.05, 3.63) is 64.8 Å². The quantitative estimate of drug-likeness (QED) is 0.447. The van der Waals surface area contributed by atoms with Gasteiger partial charge in [-0.25, -0.2) is 9.59 Å². The summed E-state index contributed by atoms with van der Waals surface area (Å²) in [7, 11) is 0. The number of esters is 1. The Hall–Kier alpha value is -2.62. The second-order valence-electron chi connectivity index (χ2n) is 6.68. The fraction of sp³-hybridized carbons (Fsp3) is 0.364. The van der Waals surface area contributed by atoms with Gasteiger partial charge >= 0.3 is 11.9 Å². The van der Waals surface area contributed by atoms with E-state index >= 15 is 0 Å². The van der Waals surface area contributed by atoms with Crippen molar-refractivity contribution in [1.29, 1.82) is 0 Å². The third-order valence-electron chi connectivity index (χ3n) is 4.38. The summed E-state index contributed by atoms with van der Waals surface area (Å²) in [5.74, 6) is -1.32. The molecule has 1 saturated carbocycles. The monoisotopic (exact) mass is 354 g/mol. The summed E-state index contributed by atoms with van der Waals surface area (Å²) in [6.45, 7) is 3.23. The molecule has 1 N–H and O–H groups in total. The Labute approximate surface area is 154 Å². The molecule has 1 aromatic rings. The van der Waals surface area contributed by atoms with E-state index in [1.165, 1.54) is 13.3 Å². The van der Waals surface area contributed by atoms with E-state index in [2.05, 4.69) is 0 Å². The summed E-state index contributed by atoms with van der Waals surface area (Å²) in [6, 6.07) is 9.58. The Morgan fingerprint density at radius 1 is 1.00 bits per heavy atom. The van der Waals surface area contributed by atoms with Crippen LogP contribution in [0.15, 0.2) is 59.2 Å². The Bertz CT molecular complexity index is 720. The van der Waals surface area contributed by atoms with Crippen LogP contribution in [0, 0.1) is 0 Å². The van der Waals surface area contributed by atoms with Crippen molar-refractivity contribution in [3.63, 3.8) is 0 Å². The molecule has 2 rings (SSSR count). The lowest BCUT2D eigenvalue weighted by Crippen LogP contribution is -2.21. The van der Waals surface area contributed by atoms with E-state index in [-0.39, 0.29) is 17.6 Å². The molecule has 0 atom stereocenters. The molecule has 1 fully saturated rings. The summed E-state index contributed by atoms with van der Waals surface area (Å²) < 4.78 is 5.59. The highest BCUT2D eigenvalue weighted by Gasteiger charge is 2.18. The summed E-state index contributed by atoms with van der Waals surface area (Å²) in [5.41, 5.74) is 2.25. The predicted octanol–water partition coefficient (Wildman–Crippen LogP) is 4.92. The van der Waals surface area contributed by atoms with Gasteiger partial charge in [0.15, 0.2) is 0 Å². The van der Waals surface area contributed by atoms with Crippen LogP contribution in [0.2, 0.25) is 0 Å². The Morgan fingerprint density at radius 3 is 2.23 bits per heavy atom. The molecule has 4 nitrogen and oxygen atoms in total. The molecular formula is C22H26O4. The molecule has 1 aromatic carbocycles. The number of carboxylic acids is 1. The molecule has 1 aliphatic rings. The number of allylic oxidation sites excluding steroid dienone is 3. The fourth-order valence-corrected chi connectivity index (χ4v) is 2.91. The lowest BCUT2D eigenvalue weighted by Gasteiger charge is -2.21. The highest BCUT2D eigenvalue weighted by molar-refractivity contribution is 5.90. The van der Waals surface area contributed by atoms with E-state index in [4.69, 9.17) is 9.84 Å².